The lowest BCUT2D eigenvalue weighted by Gasteiger charge is -2.36. The Morgan fingerprint density at radius 2 is 1.81 bits per heavy atom. The zero-order valence-electron chi connectivity index (χ0n) is 31.6. The van der Waals surface area contributed by atoms with Crippen molar-refractivity contribution in [3.8, 4) is 11.1 Å². The number of aryl methyl sites for hydroxylation is 1. The molecule has 0 saturated carbocycles. The third-order valence-corrected chi connectivity index (χ3v) is 11.4. The Bertz CT molecular complexity index is 1990. The molecule has 13 nitrogen and oxygen atoms in total. The normalized spacial score (nSPS) is 24.7. The van der Waals surface area contributed by atoms with Crippen molar-refractivity contribution in [1.82, 2.24) is 34.5 Å². The van der Waals surface area contributed by atoms with Crippen molar-refractivity contribution in [1.29, 1.82) is 0 Å². The first-order valence-electron chi connectivity index (χ1n) is 18.2. The van der Waals surface area contributed by atoms with Crippen LogP contribution in [-0.2, 0) is 25.6 Å². The number of ether oxygens (including phenoxy) is 2. The summed E-state index contributed by atoms with van der Waals surface area (Å²) in [5, 5.41) is 8.35. The van der Waals surface area contributed by atoms with Gasteiger partial charge in [-0.25, -0.2) is 15.0 Å². The Morgan fingerprint density at radius 1 is 1.06 bits per heavy atom. The third-order valence-electron chi connectivity index (χ3n) is 10.9. The van der Waals surface area contributed by atoms with E-state index in [1.54, 1.807) is 54.4 Å². The van der Waals surface area contributed by atoms with Crippen LogP contribution in [0.25, 0.3) is 22.0 Å². The molecule has 5 atom stereocenters. The van der Waals surface area contributed by atoms with Gasteiger partial charge in [-0.2, -0.15) is 5.10 Å². The third kappa shape index (κ3) is 8.06. The van der Waals surface area contributed by atoms with E-state index in [2.05, 4.69) is 55.1 Å². The van der Waals surface area contributed by atoms with E-state index in [4.69, 9.17) is 14.6 Å². The fourth-order valence-electron chi connectivity index (χ4n) is 8.14. The summed E-state index contributed by atoms with van der Waals surface area (Å²) in [5.74, 6) is 0.204. The maximum absolute atomic E-state index is 14.8. The predicted octanol–water partition coefficient (Wildman–Crippen LogP) is 6.00. The number of methoxy groups -OCH3 is 2. The van der Waals surface area contributed by atoms with E-state index < -0.39 is 12.1 Å². The van der Waals surface area contributed by atoms with Crippen LogP contribution >= 0.6 is 15.9 Å². The van der Waals surface area contributed by atoms with Crippen molar-refractivity contribution in [3.05, 3.63) is 64.4 Å². The molecular weight excluding hydrogens is 740 g/mol. The number of amides is 2. The molecule has 0 radical (unpaired) electrons. The number of nitrogens with zero attached hydrogens (tertiary/aromatic N) is 7. The highest BCUT2D eigenvalue weighted by Gasteiger charge is 2.52. The molecule has 14 heteroatoms. The molecule has 1 saturated heterocycles. The maximum atomic E-state index is 14.8. The smallest absolute Gasteiger partial charge is 0.248 e. The molecule has 2 bridgehead atoms. The van der Waals surface area contributed by atoms with Crippen LogP contribution in [0.15, 0.2) is 47.3 Å². The number of benzene rings is 1. The van der Waals surface area contributed by atoms with Gasteiger partial charge in [0.05, 0.1) is 11.6 Å². The Morgan fingerprint density at radius 3 is 2.49 bits per heavy atom. The van der Waals surface area contributed by atoms with Gasteiger partial charge in [0.1, 0.15) is 40.6 Å². The monoisotopic (exact) mass is 788 g/mol. The second-order valence-corrected chi connectivity index (χ2v) is 15.6. The number of hydrogen-bond acceptors (Lipinski definition) is 10. The van der Waals surface area contributed by atoms with E-state index >= 15 is 0 Å². The number of anilines is 1. The highest BCUT2D eigenvalue weighted by atomic mass is 79.9. The average Bonchev–Trinajstić information content (AvgIpc) is 3.61. The zero-order valence-corrected chi connectivity index (χ0v) is 33.1. The minimum absolute atomic E-state index is 0.201. The molecule has 2 aliphatic rings. The summed E-state index contributed by atoms with van der Waals surface area (Å²) in [5.41, 5.74) is 2.74. The van der Waals surface area contributed by atoms with Gasteiger partial charge in [0.2, 0.25) is 11.8 Å². The number of aromatic nitrogens is 5. The predicted molar refractivity (Wildman–Crippen MR) is 205 cm³/mol. The fourth-order valence-corrected chi connectivity index (χ4v) is 8.48. The standard InChI is InChI=1S/C39H49BrN8O5/c1-23(49)35-28-16-26(27-19-41-25(3)42-20-27)17-29-36(28)47(45-35)21-34(50)48-24(2)39(4,18-30(48)38(51)44-33-14-11-13-32(40)43-33)22-46(5)15-10-8-9-12-31(52-6)37(29)53-7/h11,13-14,16-17,19-20,24,30-31,37H,8-10,12,15,18,21-22H2,1-7H3,(H,43,44,51)/t24-,30+,31?,37?,39-/m1/s1. The van der Waals surface area contributed by atoms with E-state index in [-0.39, 0.29) is 47.4 Å². The largest absolute Gasteiger partial charge is 0.378 e. The molecule has 1 fully saturated rings. The molecule has 2 unspecified atom stereocenters. The van der Waals surface area contributed by atoms with Crippen LogP contribution in [0, 0.1) is 12.3 Å². The van der Waals surface area contributed by atoms with E-state index in [0.29, 0.717) is 40.1 Å². The Hall–Kier alpha value is -4.11. The lowest BCUT2D eigenvalue weighted by Crippen LogP contribution is -2.49. The second-order valence-electron chi connectivity index (χ2n) is 14.7. The molecule has 1 N–H and O–H groups in total. The highest BCUT2D eigenvalue weighted by molar-refractivity contribution is 9.10. The number of Topliss-reactive ketones (excluding diaryl/α,β-unsaturated/α-hetero) is 1. The summed E-state index contributed by atoms with van der Waals surface area (Å²) in [6.45, 7) is 8.87. The lowest BCUT2D eigenvalue weighted by molar-refractivity contribution is -0.139. The minimum Gasteiger partial charge on any atom is -0.378 e. The lowest BCUT2D eigenvalue weighted by atomic mass is 9.81. The van der Waals surface area contributed by atoms with Crippen LogP contribution in [-0.4, -0.2) is 105 Å². The van der Waals surface area contributed by atoms with Crippen LogP contribution in [0.1, 0.15) is 80.9 Å². The van der Waals surface area contributed by atoms with Gasteiger partial charge in [0.15, 0.2) is 5.78 Å². The average molecular weight is 790 g/mol. The first-order valence-corrected chi connectivity index (χ1v) is 19.0. The molecule has 53 heavy (non-hydrogen) atoms. The molecule has 0 aliphatic carbocycles. The van der Waals surface area contributed by atoms with Crippen LogP contribution in [0.4, 0.5) is 5.82 Å². The van der Waals surface area contributed by atoms with Gasteiger partial charge in [-0.1, -0.05) is 25.8 Å². The number of carbonyl (C=O) groups is 3. The van der Waals surface area contributed by atoms with Crippen molar-refractivity contribution in [2.24, 2.45) is 5.41 Å². The van der Waals surface area contributed by atoms with E-state index in [0.717, 1.165) is 48.9 Å². The summed E-state index contributed by atoms with van der Waals surface area (Å²) in [6, 6.07) is 8.17. The number of ketones is 1. The van der Waals surface area contributed by atoms with Gasteiger partial charge >= 0.3 is 0 Å². The number of nitrogens with one attached hydrogen (secondary N) is 1. The second kappa shape index (κ2) is 16.1. The maximum Gasteiger partial charge on any atom is 0.248 e. The van der Waals surface area contributed by atoms with Gasteiger partial charge < -0.3 is 24.6 Å². The van der Waals surface area contributed by atoms with Gasteiger partial charge in [0, 0.05) is 68.1 Å². The zero-order chi connectivity index (χ0) is 38.0. The van der Waals surface area contributed by atoms with E-state index in [1.807, 2.05) is 26.0 Å². The minimum atomic E-state index is -0.762. The number of hydrogen-bond donors (Lipinski definition) is 1. The van der Waals surface area contributed by atoms with Crippen molar-refractivity contribution >= 4 is 50.2 Å². The summed E-state index contributed by atoms with van der Waals surface area (Å²) in [6.07, 6.45) is 6.75. The van der Waals surface area contributed by atoms with Crippen LogP contribution < -0.4 is 5.32 Å². The molecule has 282 valence electrons. The number of carbonyl (C=O) groups excluding carboxylic acids is 3. The Labute approximate surface area is 319 Å². The molecule has 0 spiro atoms. The van der Waals surface area contributed by atoms with Crippen LogP contribution in [0.5, 0.6) is 0 Å². The molecule has 3 aromatic heterocycles. The number of rotatable bonds is 6. The van der Waals surface area contributed by atoms with Crippen molar-refractivity contribution in [2.45, 2.75) is 90.6 Å². The van der Waals surface area contributed by atoms with Crippen LogP contribution in [0.3, 0.4) is 0 Å². The van der Waals surface area contributed by atoms with Crippen LogP contribution in [0.2, 0.25) is 0 Å². The van der Waals surface area contributed by atoms with Crippen molar-refractivity contribution < 1.29 is 23.9 Å². The molecule has 2 aliphatic heterocycles. The summed E-state index contributed by atoms with van der Waals surface area (Å²) < 4.78 is 14.5. The van der Waals surface area contributed by atoms with E-state index in [9.17, 15) is 14.4 Å². The Balaban J connectivity index is 1.51. The van der Waals surface area contributed by atoms with Gasteiger partial charge in [-0.15, -0.1) is 0 Å². The molecule has 6 rings (SSSR count). The van der Waals surface area contributed by atoms with Gasteiger partial charge in [0.25, 0.3) is 0 Å². The SMILES string of the molecule is COC1CCCCCN(C)C[C@@]2(C)C[C@@H](C(=O)Nc3cccc(Br)n3)N(C(=O)Cn3nc(C(C)=O)c4cc(-c5cnc(C)nc5)cc(c43)C1OC)[C@@H]2C. The molecular formula is C39H49BrN8O5. The quantitative estimate of drug-likeness (QED) is 0.182. The summed E-state index contributed by atoms with van der Waals surface area (Å²) in [7, 11) is 5.44. The van der Waals surface area contributed by atoms with E-state index in [1.165, 1.54) is 6.92 Å². The van der Waals surface area contributed by atoms with Gasteiger partial charge in [-0.05, 0) is 92.5 Å². The summed E-state index contributed by atoms with van der Waals surface area (Å²) >= 11 is 3.38. The fraction of sp³-hybridized carbons (Fsp3) is 0.513. The van der Waals surface area contributed by atoms with Crippen molar-refractivity contribution in [2.75, 3.05) is 39.7 Å². The topological polar surface area (TPSA) is 145 Å². The number of halogens is 1. The first-order chi connectivity index (χ1) is 25.3. The molecule has 2 amide bonds. The molecule has 4 aromatic rings. The Kier molecular flexibility index (Phi) is 11.7. The molecule has 1 aromatic carbocycles. The highest BCUT2D eigenvalue weighted by Crippen LogP contribution is 2.43. The van der Waals surface area contributed by atoms with Gasteiger partial charge in [-0.3, -0.25) is 19.1 Å². The number of fused-ring (bicyclic) bond motifs is 2. The molecule has 5 heterocycles. The van der Waals surface area contributed by atoms with Crippen molar-refractivity contribution in [3.63, 3.8) is 0 Å². The first kappa shape index (κ1) is 38.6. The summed E-state index contributed by atoms with van der Waals surface area (Å²) in [4.78, 5) is 59.4. The number of pyridine rings is 1.